The summed E-state index contributed by atoms with van der Waals surface area (Å²) in [5, 5.41) is 13.5. The van der Waals surface area contributed by atoms with E-state index in [2.05, 4.69) is 10.3 Å². The molecule has 0 saturated heterocycles. The Morgan fingerprint density at radius 3 is 2.61 bits per heavy atom. The molecule has 6 heteroatoms. The highest BCUT2D eigenvalue weighted by Gasteiger charge is 2.37. The van der Waals surface area contributed by atoms with Crippen molar-refractivity contribution < 1.29 is 14.7 Å². The smallest absolute Gasteiger partial charge is 0.305 e. The third-order valence-electron chi connectivity index (χ3n) is 4.32. The number of carbonyl (C=O) groups is 2. The van der Waals surface area contributed by atoms with Gasteiger partial charge in [0, 0.05) is 10.4 Å². The minimum absolute atomic E-state index is 0.0574. The zero-order chi connectivity index (χ0) is 16.4. The number of benzene rings is 1. The van der Waals surface area contributed by atoms with Gasteiger partial charge in [0.25, 0.3) is 5.91 Å². The molecule has 1 aliphatic rings. The number of aliphatic carboxylic acids is 1. The standard InChI is InChI=1S/C17H17ClN2O3/c18-12-5-3-11-4-6-13(19-14(11)9-12)16(23)20-17(10-15(21)22)7-1-2-8-17/h3-6,9H,1-2,7-8,10H2,(H,20,23)(H,21,22). The molecule has 0 atom stereocenters. The van der Waals surface area contributed by atoms with Crippen molar-refractivity contribution in [3.63, 3.8) is 0 Å². The van der Waals surface area contributed by atoms with Gasteiger partial charge in [-0.3, -0.25) is 9.59 Å². The Morgan fingerprint density at radius 2 is 1.91 bits per heavy atom. The molecule has 120 valence electrons. The monoisotopic (exact) mass is 332 g/mol. The molecule has 2 aromatic rings. The van der Waals surface area contributed by atoms with Crippen LogP contribution in [-0.2, 0) is 4.79 Å². The quantitative estimate of drug-likeness (QED) is 0.899. The maximum absolute atomic E-state index is 12.5. The van der Waals surface area contributed by atoms with Gasteiger partial charge in [-0.05, 0) is 31.0 Å². The van der Waals surface area contributed by atoms with E-state index in [0.29, 0.717) is 23.4 Å². The molecule has 0 unspecified atom stereocenters. The lowest BCUT2D eigenvalue weighted by molar-refractivity contribution is -0.138. The predicted octanol–water partition coefficient (Wildman–Crippen LogP) is 3.41. The van der Waals surface area contributed by atoms with Crippen LogP contribution >= 0.6 is 11.6 Å². The molecule has 1 amide bonds. The minimum Gasteiger partial charge on any atom is -0.481 e. The number of amides is 1. The van der Waals surface area contributed by atoms with Crippen LogP contribution in [0.3, 0.4) is 0 Å². The van der Waals surface area contributed by atoms with Crippen LogP contribution < -0.4 is 5.32 Å². The number of halogens is 1. The molecule has 3 rings (SSSR count). The Kier molecular flexibility index (Phi) is 4.22. The SMILES string of the molecule is O=C(O)CC1(NC(=O)c2ccc3ccc(Cl)cc3n2)CCCC1. The number of pyridine rings is 1. The Bertz CT molecular complexity index is 770. The maximum Gasteiger partial charge on any atom is 0.305 e. The summed E-state index contributed by atoms with van der Waals surface area (Å²) in [6, 6.07) is 8.78. The number of hydrogen-bond acceptors (Lipinski definition) is 3. The van der Waals surface area contributed by atoms with Crippen molar-refractivity contribution in [3.05, 3.63) is 41.0 Å². The summed E-state index contributed by atoms with van der Waals surface area (Å²) < 4.78 is 0. The normalized spacial score (nSPS) is 16.4. The molecular formula is C17H17ClN2O3. The number of carbonyl (C=O) groups excluding carboxylic acids is 1. The second-order valence-electron chi connectivity index (χ2n) is 6.05. The Hall–Kier alpha value is -2.14. The van der Waals surface area contributed by atoms with Crippen LogP contribution in [0.5, 0.6) is 0 Å². The fourth-order valence-electron chi connectivity index (χ4n) is 3.21. The van der Waals surface area contributed by atoms with E-state index in [-0.39, 0.29) is 18.0 Å². The molecule has 0 spiro atoms. The molecule has 0 radical (unpaired) electrons. The lowest BCUT2D eigenvalue weighted by Crippen LogP contribution is -2.48. The fourth-order valence-corrected chi connectivity index (χ4v) is 3.38. The summed E-state index contributed by atoms with van der Waals surface area (Å²) in [6.07, 6.45) is 3.16. The molecule has 0 aliphatic heterocycles. The lowest BCUT2D eigenvalue weighted by Gasteiger charge is -2.28. The fraction of sp³-hybridized carbons (Fsp3) is 0.353. The second kappa shape index (κ2) is 6.16. The third kappa shape index (κ3) is 3.45. The summed E-state index contributed by atoms with van der Waals surface area (Å²) in [4.78, 5) is 28.0. The van der Waals surface area contributed by atoms with Crippen molar-refractivity contribution in [2.45, 2.75) is 37.6 Å². The van der Waals surface area contributed by atoms with Gasteiger partial charge in [0.2, 0.25) is 0 Å². The average Bonchev–Trinajstić information content (AvgIpc) is 2.93. The van der Waals surface area contributed by atoms with E-state index in [1.165, 1.54) is 0 Å². The Balaban J connectivity index is 1.86. The number of rotatable bonds is 4. The molecule has 1 saturated carbocycles. The van der Waals surface area contributed by atoms with E-state index < -0.39 is 11.5 Å². The first kappa shape index (κ1) is 15.7. The summed E-state index contributed by atoms with van der Waals surface area (Å²) in [6.45, 7) is 0. The molecule has 0 bridgehead atoms. The van der Waals surface area contributed by atoms with Crippen molar-refractivity contribution in [1.82, 2.24) is 10.3 Å². The van der Waals surface area contributed by atoms with Crippen LogP contribution in [0.2, 0.25) is 5.02 Å². The highest BCUT2D eigenvalue weighted by molar-refractivity contribution is 6.31. The number of hydrogen-bond donors (Lipinski definition) is 2. The average molecular weight is 333 g/mol. The Morgan fingerprint density at radius 1 is 1.22 bits per heavy atom. The molecule has 1 aromatic heterocycles. The molecule has 23 heavy (non-hydrogen) atoms. The summed E-state index contributed by atoms with van der Waals surface area (Å²) in [5.74, 6) is -1.24. The first-order chi connectivity index (χ1) is 11.0. The lowest BCUT2D eigenvalue weighted by atomic mass is 9.93. The van der Waals surface area contributed by atoms with E-state index in [0.717, 1.165) is 18.2 Å². The van der Waals surface area contributed by atoms with Crippen LogP contribution in [0.1, 0.15) is 42.6 Å². The van der Waals surface area contributed by atoms with Gasteiger partial charge in [-0.2, -0.15) is 0 Å². The summed E-state index contributed by atoms with van der Waals surface area (Å²) in [7, 11) is 0. The van der Waals surface area contributed by atoms with Gasteiger partial charge in [0.05, 0.1) is 17.5 Å². The van der Waals surface area contributed by atoms with E-state index >= 15 is 0 Å². The molecule has 1 heterocycles. The van der Waals surface area contributed by atoms with Crippen molar-refractivity contribution in [3.8, 4) is 0 Å². The minimum atomic E-state index is -0.898. The number of aromatic nitrogens is 1. The van der Waals surface area contributed by atoms with Crippen LogP contribution in [0.4, 0.5) is 0 Å². The molecule has 5 nitrogen and oxygen atoms in total. The molecule has 1 fully saturated rings. The highest BCUT2D eigenvalue weighted by Crippen LogP contribution is 2.33. The zero-order valence-electron chi connectivity index (χ0n) is 12.5. The number of carboxylic acid groups (broad SMARTS) is 1. The van der Waals surface area contributed by atoms with Crippen LogP contribution in [-0.4, -0.2) is 27.5 Å². The first-order valence-corrected chi connectivity index (χ1v) is 7.96. The summed E-state index contributed by atoms with van der Waals surface area (Å²) >= 11 is 5.96. The van der Waals surface area contributed by atoms with Crippen molar-refractivity contribution >= 4 is 34.4 Å². The predicted molar refractivity (Wildman–Crippen MR) is 87.7 cm³/mol. The van der Waals surface area contributed by atoms with Crippen molar-refractivity contribution in [1.29, 1.82) is 0 Å². The van der Waals surface area contributed by atoms with E-state index in [4.69, 9.17) is 16.7 Å². The highest BCUT2D eigenvalue weighted by atomic mass is 35.5. The van der Waals surface area contributed by atoms with Crippen molar-refractivity contribution in [2.75, 3.05) is 0 Å². The maximum atomic E-state index is 12.5. The molecular weight excluding hydrogens is 316 g/mol. The number of fused-ring (bicyclic) bond motifs is 1. The molecule has 1 aromatic carbocycles. The van der Waals surface area contributed by atoms with Crippen molar-refractivity contribution in [2.24, 2.45) is 0 Å². The number of nitrogens with one attached hydrogen (secondary N) is 1. The third-order valence-corrected chi connectivity index (χ3v) is 4.55. The van der Waals surface area contributed by atoms with Gasteiger partial charge in [0.15, 0.2) is 0 Å². The van der Waals surface area contributed by atoms with E-state index in [1.54, 1.807) is 18.2 Å². The largest absolute Gasteiger partial charge is 0.481 e. The second-order valence-corrected chi connectivity index (χ2v) is 6.48. The first-order valence-electron chi connectivity index (χ1n) is 7.58. The van der Waals surface area contributed by atoms with Gasteiger partial charge in [-0.25, -0.2) is 4.98 Å². The van der Waals surface area contributed by atoms with Crippen LogP contribution in [0.15, 0.2) is 30.3 Å². The van der Waals surface area contributed by atoms with E-state index in [9.17, 15) is 9.59 Å². The number of nitrogens with zero attached hydrogens (tertiary/aromatic N) is 1. The topological polar surface area (TPSA) is 79.3 Å². The van der Waals surface area contributed by atoms with Crippen LogP contribution in [0, 0.1) is 0 Å². The molecule has 1 aliphatic carbocycles. The summed E-state index contributed by atoms with van der Waals surface area (Å²) in [5.41, 5.74) is 0.258. The van der Waals surface area contributed by atoms with Gasteiger partial charge < -0.3 is 10.4 Å². The van der Waals surface area contributed by atoms with Gasteiger partial charge in [0.1, 0.15) is 5.69 Å². The number of carboxylic acids is 1. The molecule has 2 N–H and O–H groups in total. The Labute approximate surface area is 138 Å². The van der Waals surface area contributed by atoms with E-state index in [1.807, 2.05) is 12.1 Å². The van der Waals surface area contributed by atoms with Gasteiger partial charge >= 0.3 is 5.97 Å². The van der Waals surface area contributed by atoms with Crippen LogP contribution in [0.25, 0.3) is 10.9 Å². The van der Waals surface area contributed by atoms with Gasteiger partial charge in [-0.15, -0.1) is 0 Å². The van der Waals surface area contributed by atoms with Gasteiger partial charge in [-0.1, -0.05) is 36.6 Å². The zero-order valence-corrected chi connectivity index (χ0v) is 13.3.